The molecule has 1 amide bonds. The first-order valence-corrected chi connectivity index (χ1v) is 8.02. The highest BCUT2D eigenvalue weighted by atomic mass is 35.5. The quantitative estimate of drug-likeness (QED) is 0.779. The van der Waals surface area contributed by atoms with E-state index in [-0.39, 0.29) is 5.91 Å². The van der Waals surface area contributed by atoms with Gasteiger partial charge >= 0.3 is 0 Å². The third kappa shape index (κ3) is 3.96. The number of nitrogens with zero attached hydrogens (tertiary/aromatic N) is 1. The Balaban J connectivity index is 1.54. The zero-order chi connectivity index (χ0) is 16.1. The molecule has 1 aliphatic rings. The van der Waals surface area contributed by atoms with Crippen LogP contribution in [0.2, 0.25) is 5.02 Å². The molecule has 3 rings (SSSR count). The fraction of sp³-hybridized carbons (Fsp3) is 0.278. The standard InChI is InChI=1S/C18H18ClNO3/c19-14-8-9-17-16(13-14)20(10-12-23-17)18(21)7-4-11-22-15-5-2-1-3-6-15/h1-3,5-6,8-9,13H,4,7,10-12H2. The number of anilines is 1. The molecule has 0 saturated carbocycles. The molecule has 2 aromatic rings. The van der Waals surface area contributed by atoms with Crippen LogP contribution in [0.15, 0.2) is 48.5 Å². The second-order valence-corrected chi connectivity index (χ2v) is 5.71. The number of hydrogen-bond acceptors (Lipinski definition) is 3. The zero-order valence-electron chi connectivity index (χ0n) is 12.7. The zero-order valence-corrected chi connectivity index (χ0v) is 13.5. The molecule has 5 heteroatoms. The number of carbonyl (C=O) groups is 1. The number of carbonyl (C=O) groups excluding carboxylic acids is 1. The van der Waals surface area contributed by atoms with Crippen molar-refractivity contribution < 1.29 is 14.3 Å². The van der Waals surface area contributed by atoms with Crippen LogP contribution in [-0.2, 0) is 4.79 Å². The van der Waals surface area contributed by atoms with Crippen LogP contribution in [0.3, 0.4) is 0 Å². The largest absolute Gasteiger partial charge is 0.494 e. The van der Waals surface area contributed by atoms with Crippen LogP contribution in [0.25, 0.3) is 0 Å². The lowest BCUT2D eigenvalue weighted by atomic mass is 10.2. The van der Waals surface area contributed by atoms with E-state index in [2.05, 4.69) is 0 Å². The SMILES string of the molecule is O=C(CCCOc1ccccc1)N1CCOc2ccc(Cl)cc21. The van der Waals surface area contributed by atoms with Gasteiger partial charge in [-0.2, -0.15) is 0 Å². The summed E-state index contributed by atoms with van der Waals surface area (Å²) in [6, 6.07) is 14.9. The van der Waals surface area contributed by atoms with E-state index in [1.807, 2.05) is 30.3 Å². The molecule has 0 aliphatic carbocycles. The maximum absolute atomic E-state index is 12.5. The van der Waals surface area contributed by atoms with Crippen LogP contribution in [0.1, 0.15) is 12.8 Å². The topological polar surface area (TPSA) is 38.8 Å². The van der Waals surface area contributed by atoms with Crippen molar-refractivity contribution in [3.05, 3.63) is 53.6 Å². The molecule has 120 valence electrons. The molecule has 0 N–H and O–H groups in total. The Hall–Kier alpha value is -2.20. The summed E-state index contributed by atoms with van der Waals surface area (Å²) in [5.74, 6) is 1.59. The first-order chi connectivity index (χ1) is 11.2. The van der Waals surface area contributed by atoms with Gasteiger partial charge in [0.1, 0.15) is 18.1 Å². The van der Waals surface area contributed by atoms with Crippen LogP contribution in [0, 0.1) is 0 Å². The Morgan fingerprint density at radius 1 is 1.22 bits per heavy atom. The van der Waals surface area contributed by atoms with E-state index >= 15 is 0 Å². The van der Waals surface area contributed by atoms with E-state index in [9.17, 15) is 4.79 Å². The van der Waals surface area contributed by atoms with Crippen molar-refractivity contribution in [2.75, 3.05) is 24.7 Å². The molecular weight excluding hydrogens is 314 g/mol. The molecule has 0 radical (unpaired) electrons. The van der Waals surface area contributed by atoms with Crippen LogP contribution in [0.4, 0.5) is 5.69 Å². The van der Waals surface area contributed by atoms with Crippen LogP contribution in [0.5, 0.6) is 11.5 Å². The van der Waals surface area contributed by atoms with E-state index < -0.39 is 0 Å². The maximum atomic E-state index is 12.5. The number of rotatable bonds is 5. The van der Waals surface area contributed by atoms with Gasteiger partial charge in [0.2, 0.25) is 5.91 Å². The van der Waals surface area contributed by atoms with E-state index in [1.54, 1.807) is 23.1 Å². The minimum atomic E-state index is 0.0634. The van der Waals surface area contributed by atoms with E-state index in [0.29, 0.717) is 43.4 Å². The molecule has 0 bridgehead atoms. The Morgan fingerprint density at radius 3 is 2.87 bits per heavy atom. The number of ether oxygens (including phenoxy) is 2. The number of para-hydroxylation sites is 1. The van der Waals surface area contributed by atoms with Crippen molar-refractivity contribution in [3.8, 4) is 11.5 Å². The number of amides is 1. The predicted molar refractivity (Wildman–Crippen MR) is 90.5 cm³/mol. The molecule has 4 nitrogen and oxygen atoms in total. The summed E-state index contributed by atoms with van der Waals surface area (Å²) in [6.45, 7) is 1.56. The minimum absolute atomic E-state index is 0.0634. The van der Waals surface area contributed by atoms with Gasteiger partial charge in [0.15, 0.2) is 0 Å². The normalized spacial score (nSPS) is 13.2. The molecule has 23 heavy (non-hydrogen) atoms. The highest BCUT2D eigenvalue weighted by Gasteiger charge is 2.23. The number of fused-ring (bicyclic) bond motifs is 1. The van der Waals surface area contributed by atoms with Crippen LogP contribution in [-0.4, -0.2) is 25.7 Å². The molecule has 0 saturated heterocycles. The van der Waals surface area contributed by atoms with Gasteiger partial charge in [0.05, 0.1) is 18.8 Å². The van der Waals surface area contributed by atoms with Gasteiger partial charge in [0, 0.05) is 11.4 Å². The third-order valence-electron chi connectivity index (χ3n) is 3.63. The van der Waals surface area contributed by atoms with Crippen molar-refractivity contribution in [1.82, 2.24) is 0 Å². The fourth-order valence-corrected chi connectivity index (χ4v) is 2.68. The Bertz CT molecular complexity index is 675. The minimum Gasteiger partial charge on any atom is -0.494 e. The van der Waals surface area contributed by atoms with E-state index in [0.717, 1.165) is 11.4 Å². The first-order valence-electron chi connectivity index (χ1n) is 7.64. The van der Waals surface area contributed by atoms with Crippen LogP contribution >= 0.6 is 11.6 Å². The van der Waals surface area contributed by atoms with Gasteiger partial charge in [0.25, 0.3) is 0 Å². The molecular formula is C18H18ClNO3. The third-order valence-corrected chi connectivity index (χ3v) is 3.87. The highest BCUT2D eigenvalue weighted by Crippen LogP contribution is 2.34. The Labute approximate surface area is 140 Å². The fourth-order valence-electron chi connectivity index (χ4n) is 2.51. The van der Waals surface area contributed by atoms with Gasteiger partial charge in [-0.25, -0.2) is 0 Å². The lowest BCUT2D eigenvalue weighted by molar-refractivity contribution is -0.119. The average Bonchev–Trinajstić information content (AvgIpc) is 2.59. The number of halogens is 1. The lowest BCUT2D eigenvalue weighted by Crippen LogP contribution is -2.38. The molecule has 2 aromatic carbocycles. The molecule has 0 spiro atoms. The summed E-state index contributed by atoms with van der Waals surface area (Å²) >= 11 is 6.03. The summed E-state index contributed by atoms with van der Waals surface area (Å²) in [4.78, 5) is 14.2. The van der Waals surface area contributed by atoms with Crippen molar-refractivity contribution >= 4 is 23.2 Å². The summed E-state index contributed by atoms with van der Waals surface area (Å²) in [5, 5.41) is 0.597. The second kappa shape index (κ2) is 7.38. The van der Waals surface area contributed by atoms with Gasteiger partial charge in [-0.3, -0.25) is 4.79 Å². The van der Waals surface area contributed by atoms with Gasteiger partial charge in [-0.15, -0.1) is 0 Å². The number of benzene rings is 2. The summed E-state index contributed by atoms with van der Waals surface area (Å²) < 4.78 is 11.2. The van der Waals surface area contributed by atoms with Crippen molar-refractivity contribution in [3.63, 3.8) is 0 Å². The number of hydrogen-bond donors (Lipinski definition) is 0. The molecule has 0 aromatic heterocycles. The predicted octanol–water partition coefficient (Wildman–Crippen LogP) is 3.92. The molecule has 0 unspecified atom stereocenters. The summed E-state index contributed by atoms with van der Waals surface area (Å²) in [7, 11) is 0. The van der Waals surface area contributed by atoms with Crippen LogP contribution < -0.4 is 14.4 Å². The van der Waals surface area contributed by atoms with Gasteiger partial charge in [-0.05, 0) is 36.8 Å². The monoisotopic (exact) mass is 331 g/mol. The first kappa shape index (κ1) is 15.7. The van der Waals surface area contributed by atoms with E-state index in [4.69, 9.17) is 21.1 Å². The Kier molecular flexibility index (Phi) is 5.03. The smallest absolute Gasteiger partial charge is 0.227 e. The summed E-state index contributed by atoms with van der Waals surface area (Å²) in [5.41, 5.74) is 0.748. The second-order valence-electron chi connectivity index (χ2n) is 5.27. The summed E-state index contributed by atoms with van der Waals surface area (Å²) in [6.07, 6.45) is 1.10. The molecule has 0 atom stereocenters. The maximum Gasteiger partial charge on any atom is 0.227 e. The Morgan fingerprint density at radius 2 is 2.04 bits per heavy atom. The molecule has 1 heterocycles. The molecule has 1 aliphatic heterocycles. The molecule has 0 fully saturated rings. The highest BCUT2D eigenvalue weighted by molar-refractivity contribution is 6.31. The average molecular weight is 332 g/mol. The van der Waals surface area contributed by atoms with Crippen molar-refractivity contribution in [1.29, 1.82) is 0 Å². The van der Waals surface area contributed by atoms with E-state index in [1.165, 1.54) is 0 Å². The lowest BCUT2D eigenvalue weighted by Gasteiger charge is -2.29. The van der Waals surface area contributed by atoms with Gasteiger partial charge in [-0.1, -0.05) is 29.8 Å². The van der Waals surface area contributed by atoms with Gasteiger partial charge < -0.3 is 14.4 Å². The van der Waals surface area contributed by atoms with Crippen molar-refractivity contribution in [2.24, 2.45) is 0 Å². The van der Waals surface area contributed by atoms with Crippen molar-refractivity contribution in [2.45, 2.75) is 12.8 Å².